The third-order valence-electron chi connectivity index (χ3n) is 5.89. The van der Waals surface area contributed by atoms with E-state index in [1.54, 1.807) is 23.1 Å². The molecule has 5 heterocycles. The maximum atomic E-state index is 13.6. The molecule has 0 radical (unpaired) electrons. The number of rotatable bonds is 7. The van der Waals surface area contributed by atoms with E-state index in [-0.39, 0.29) is 18.0 Å². The van der Waals surface area contributed by atoms with E-state index in [2.05, 4.69) is 20.2 Å². The predicted molar refractivity (Wildman–Crippen MR) is 124 cm³/mol. The second-order valence-corrected chi connectivity index (χ2v) is 7.97. The van der Waals surface area contributed by atoms with Gasteiger partial charge in [0.2, 0.25) is 5.89 Å². The lowest BCUT2D eigenvalue weighted by Gasteiger charge is -2.32. The van der Waals surface area contributed by atoms with Crippen LogP contribution in [-0.2, 0) is 13.1 Å². The highest BCUT2D eigenvalue weighted by Crippen LogP contribution is 2.21. The van der Waals surface area contributed by atoms with E-state index < -0.39 is 5.82 Å². The SMILES string of the molecule is Cl.O=c1ccc2ncc(F)cc2n1CCN1CCC(NCc2ncc(-c3ccco3)o2)CC1. The molecule has 0 bridgehead atoms. The fraction of sp³-hybridized carbons (Fsp3) is 0.348. The minimum Gasteiger partial charge on any atom is -0.461 e. The minimum atomic E-state index is -0.439. The van der Waals surface area contributed by atoms with Gasteiger partial charge in [-0.2, -0.15) is 0 Å². The Labute approximate surface area is 195 Å². The fourth-order valence-corrected chi connectivity index (χ4v) is 4.13. The van der Waals surface area contributed by atoms with Crippen molar-refractivity contribution < 1.29 is 13.2 Å². The van der Waals surface area contributed by atoms with Crippen molar-refractivity contribution in [2.75, 3.05) is 19.6 Å². The van der Waals surface area contributed by atoms with Gasteiger partial charge in [0.25, 0.3) is 5.56 Å². The summed E-state index contributed by atoms with van der Waals surface area (Å²) in [5.41, 5.74) is 1.02. The van der Waals surface area contributed by atoms with Crippen molar-refractivity contribution in [1.82, 2.24) is 24.8 Å². The van der Waals surface area contributed by atoms with Crippen LogP contribution in [0.25, 0.3) is 22.6 Å². The number of nitrogens with zero attached hydrogens (tertiary/aromatic N) is 4. The van der Waals surface area contributed by atoms with E-state index in [1.165, 1.54) is 18.3 Å². The Morgan fingerprint density at radius 3 is 2.73 bits per heavy atom. The van der Waals surface area contributed by atoms with Crippen molar-refractivity contribution in [2.45, 2.75) is 32.0 Å². The molecule has 1 N–H and O–H groups in total. The molecule has 0 aliphatic carbocycles. The largest absolute Gasteiger partial charge is 0.461 e. The smallest absolute Gasteiger partial charge is 0.251 e. The number of furan rings is 1. The van der Waals surface area contributed by atoms with Crippen LogP contribution >= 0.6 is 12.4 Å². The lowest BCUT2D eigenvalue weighted by atomic mass is 10.1. The first-order chi connectivity index (χ1) is 15.7. The Hall–Kier alpha value is -3.01. The van der Waals surface area contributed by atoms with Gasteiger partial charge in [0.05, 0.1) is 36.2 Å². The Morgan fingerprint density at radius 2 is 1.94 bits per heavy atom. The summed E-state index contributed by atoms with van der Waals surface area (Å²) in [6, 6.07) is 8.53. The molecule has 33 heavy (non-hydrogen) atoms. The van der Waals surface area contributed by atoms with E-state index in [0.717, 1.165) is 32.5 Å². The number of hydrogen-bond donors (Lipinski definition) is 1. The Kier molecular flexibility index (Phi) is 7.22. The molecule has 1 fully saturated rings. The standard InChI is InChI=1S/C23H24FN5O3.ClH/c24-16-12-19-18(26-13-16)3-4-23(30)29(19)10-9-28-7-5-17(6-8-28)25-15-22-27-14-21(32-22)20-2-1-11-31-20;/h1-4,11-14,17,25H,5-10,15H2;1H. The second kappa shape index (κ2) is 10.3. The van der Waals surface area contributed by atoms with Crippen LogP contribution in [0.4, 0.5) is 4.39 Å². The van der Waals surface area contributed by atoms with Gasteiger partial charge in [0.1, 0.15) is 5.82 Å². The number of aromatic nitrogens is 3. The second-order valence-electron chi connectivity index (χ2n) is 7.97. The third-order valence-corrected chi connectivity index (χ3v) is 5.89. The van der Waals surface area contributed by atoms with Gasteiger partial charge in [-0.3, -0.25) is 9.78 Å². The monoisotopic (exact) mass is 473 g/mol. The number of fused-ring (bicyclic) bond motifs is 1. The molecule has 1 aliphatic heterocycles. The topological polar surface area (TPSA) is 89.3 Å². The third kappa shape index (κ3) is 5.32. The highest BCUT2D eigenvalue weighted by Gasteiger charge is 2.20. The van der Waals surface area contributed by atoms with E-state index in [1.807, 2.05) is 12.1 Å². The Bertz CT molecular complexity index is 1250. The van der Waals surface area contributed by atoms with Crippen LogP contribution < -0.4 is 10.9 Å². The Morgan fingerprint density at radius 1 is 1.09 bits per heavy atom. The van der Waals surface area contributed by atoms with Crippen molar-refractivity contribution in [1.29, 1.82) is 0 Å². The molecular weight excluding hydrogens is 449 g/mol. The molecule has 0 unspecified atom stereocenters. The summed E-state index contributed by atoms with van der Waals surface area (Å²) in [5, 5.41) is 3.51. The van der Waals surface area contributed by atoms with Crippen molar-refractivity contribution in [3.8, 4) is 11.5 Å². The van der Waals surface area contributed by atoms with Crippen LogP contribution in [-0.4, -0.2) is 45.1 Å². The average molecular weight is 474 g/mol. The van der Waals surface area contributed by atoms with Crippen molar-refractivity contribution in [3.63, 3.8) is 0 Å². The Balaban J connectivity index is 0.00000259. The first kappa shape index (κ1) is 23.2. The van der Waals surface area contributed by atoms with Crippen LogP contribution in [0, 0.1) is 5.82 Å². The van der Waals surface area contributed by atoms with Gasteiger partial charge in [0, 0.05) is 31.3 Å². The predicted octanol–water partition coefficient (Wildman–Crippen LogP) is 3.46. The van der Waals surface area contributed by atoms with E-state index >= 15 is 0 Å². The van der Waals surface area contributed by atoms with Gasteiger partial charge < -0.3 is 23.6 Å². The van der Waals surface area contributed by atoms with E-state index in [9.17, 15) is 9.18 Å². The molecule has 4 aromatic rings. The highest BCUT2D eigenvalue weighted by atomic mass is 35.5. The highest BCUT2D eigenvalue weighted by molar-refractivity contribution is 5.85. The molecule has 8 nitrogen and oxygen atoms in total. The van der Waals surface area contributed by atoms with Crippen molar-refractivity contribution in [3.05, 3.63) is 71.1 Å². The molecule has 5 rings (SSSR count). The van der Waals surface area contributed by atoms with Gasteiger partial charge in [0.15, 0.2) is 11.5 Å². The summed E-state index contributed by atoms with van der Waals surface area (Å²) in [6.45, 7) is 3.65. The summed E-state index contributed by atoms with van der Waals surface area (Å²) >= 11 is 0. The van der Waals surface area contributed by atoms with E-state index in [0.29, 0.717) is 47.6 Å². The quantitative estimate of drug-likeness (QED) is 0.439. The summed E-state index contributed by atoms with van der Waals surface area (Å²) in [4.78, 5) is 23.0. The number of oxazole rings is 1. The molecule has 1 saturated heterocycles. The molecule has 4 aromatic heterocycles. The summed E-state index contributed by atoms with van der Waals surface area (Å²) < 4.78 is 26.3. The maximum absolute atomic E-state index is 13.6. The molecule has 0 aromatic carbocycles. The zero-order valence-electron chi connectivity index (χ0n) is 17.9. The lowest BCUT2D eigenvalue weighted by Crippen LogP contribution is -2.43. The van der Waals surface area contributed by atoms with Gasteiger partial charge >= 0.3 is 0 Å². The lowest BCUT2D eigenvalue weighted by molar-refractivity contribution is 0.189. The maximum Gasteiger partial charge on any atom is 0.251 e. The zero-order chi connectivity index (χ0) is 21.9. The average Bonchev–Trinajstić information content (AvgIpc) is 3.50. The van der Waals surface area contributed by atoms with Crippen LogP contribution in [0.5, 0.6) is 0 Å². The number of likely N-dealkylation sites (tertiary alicyclic amines) is 1. The fourth-order valence-electron chi connectivity index (χ4n) is 4.13. The molecule has 10 heteroatoms. The van der Waals surface area contributed by atoms with Crippen LogP contribution in [0.2, 0.25) is 0 Å². The first-order valence-corrected chi connectivity index (χ1v) is 10.7. The summed E-state index contributed by atoms with van der Waals surface area (Å²) in [6.07, 6.45) is 6.44. The van der Waals surface area contributed by atoms with Crippen molar-refractivity contribution in [2.24, 2.45) is 0 Å². The van der Waals surface area contributed by atoms with E-state index in [4.69, 9.17) is 8.83 Å². The zero-order valence-corrected chi connectivity index (χ0v) is 18.8. The molecular formula is C23H25ClFN5O3. The minimum absolute atomic E-state index is 0. The molecule has 0 amide bonds. The van der Waals surface area contributed by atoms with Gasteiger partial charge in [-0.1, -0.05) is 0 Å². The molecule has 0 atom stereocenters. The van der Waals surface area contributed by atoms with Gasteiger partial charge in [-0.15, -0.1) is 12.4 Å². The van der Waals surface area contributed by atoms with Crippen LogP contribution in [0.1, 0.15) is 18.7 Å². The number of pyridine rings is 2. The normalized spacial score (nSPS) is 15.1. The summed E-state index contributed by atoms with van der Waals surface area (Å²) in [7, 11) is 0. The van der Waals surface area contributed by atoms with Gasteiger partial charge in [-0.05, 0) is 44.1 Å². The molecule has 1 aliphatic rings. The number of hydrogen-bond acceptors (Lipinski definition) is 7. The molecule has 174 valence electrons. The number of nitrogens with one attached hydrogen (secondary N) is 1. The first-order valence-electron chi connectivity index (χ1n) is 10.7. The summed E-state index contributed by atoms with van der Waals surface area (Å²) in [5.74, 6) is 1.49. The number of piperidine rings is 1. The molecule has 0 spiro atoms. The van der Waals surface area contributed by atoms with Crippen LogP contribution in [0.15, 0.2) is 62.6 Å². The van der Waals surface area contributed by atoms with Crippen molar-refractivity contribution >= 4 is 23.4 Å². The number of halogens is 2. The van der Waals surface area contributed by atoms with Gasteiger partial charge in [-0.25, -0.2) is 9.37 Å². The molecule has 0 saturated carbocycles. The van der Waals surface area contributed by atoms with Crippen LogP contribution in [0.3, 0.4) is 0 Å².